The Hall–Kier alpha value is -2.93. The van der Waals surface area contributed by atoms with E-state index in [0.29, 0.717) is 24.0 Å². The predicted molar refractivity (Wildman–Crippen MR) is 108 cm³/mol. The van der Waals surface area contributed by atoms with Crippen LogP contribution in [0.25, 0.3) is 11.0 Å². The minimum Gasteiger partial charge on any atom is -0.494 e. The molecular weight excluding hydrogens is 373 g/mol. The Morgan fingerprint density at radius 1 is 1.34 bits per heavy atom. The van der Waals surface area contributed by atoms with Gasteiger partial charge in [-0.05, 0) is 42.7 Å². The van der Waals surface area contributed by atoms with E-state index in [1.54, 1.807) is 30.6 Å². The molecule has 1 saturated carbocycles. The number of fused-ring (bicyclic) bond motifs is 1. The summed E-state index contributed by atoms with van der Waals surface area (Å²) in [4.78, 5) is 17.3. The van der Waals surface area contributed by atoms with E-state index >= 15 is 0 Å². The lowest BCUT2D eigenvalue weighted by Crippen LogP contribution is -2.45. The summed E-state index contributed by atoms with van der Waals surface area (Å²) in [5.41, 5.74) is 2.58. The number of ether oxygens (including phenoxy) is 1. The zero-order valence-corrected chi connectivity index (χ0v) is 16.3. The molecule has 29 heavy (non-hydrogen) atoms. The number of benzene rings is 1. The first-order chi connectivity index (χ1) is 14.1. The summed E-state index contributed by atoms with van der Waals surface area (Å²) in [6, 6.07) is 8.26. The average Bonchev–Trinajstić information content (AvgIpc) is 3.09. The summed E-state index contributed by atoms with van der Waals surface area (Å²) < 4.78 is 20.9. The molecule has 6 nitrogen and oxygen atoms in total. The molecule has 0 bridgehead atoms. The van der Waals surface area contributed by atoms with Gasteiger partial charge in [-0.25, -0.2) is 4.39 Å². The van der Waals surface area contributed by atoms with E-state index in [1.165, 1.54) is 13.2 Å². The third-order valence-electron chi connectivity index (χ3n) is 5.50. The highest BCUT2D eigenvalue weighted by Crippen LogP contribution is 2.24. The molecule has 2 heterocycles. The second kappa shape index (κ2) is 8.21. The SMILES string of the molecule is COc1ccc(Cn2cc(C(=O)N[C@H]3CCCC[C@@H]3O)c3ncccc32)cc1F. The number of aromatic nitrogens is 2. The minimum atomic E-state index is -0.517. The molecule has 152 valence electrons. The smallest absolute Gasteiger partial charge is 0.255 e. The molecule has 3 aromatic rings. The van der Waals surface area contributed by atoms with Crippen LogP contribution in [0, 0.1) is 5.82 Å². The lowest BCUT2D eigenvalue weighted by Gasteiger charge is -2.28. The number of halogens is 1. The van der Waals surface area contributed by atoms with E-state index in [1.807, 2.05) is 10.6 Å². The van der Waals surface area contributed by atoms with Crippen molar-refractivity contribution in [3.8, 4) is 5.75 Å². The van der Waals surface area contributed by atoms with Crippen molar-refractivity contribution in [1.82, 2.24) is 14.9 Å². The lowest BCUT2D eigenvalue weighted by atomic mass is 9.92. The van der Waals surface area contributed by atoms with Crippen LogP contribution >= 0.6 is 0 Å². The van der Waals surface area contributed by atoms with Gasteiger partial charge in [0.2, 0.25) is 0 Å². The van der Waals surface area contributed by atoms with Crippen LogP contribution in [-0.4, -0.2) is 39.8 Å². The van der Waals surface area contributed by atoms with Gasteiger partial charge in [0.15, 0.2) is 11.6 Å². The maximum atomic E-state index is 14.1. The van der Waals surface area contributed by atoms with Gasteiger partial charge in [0, 0.05) is 18.9 Å². The number of nitrogens with one attached hydrogen (secondary N) is 1. The fourth-order valence-corrected chi connectivity index (χ4v) is 3.95. The fraction of sp³-hybridized carbons (Fsp3) is 0.364. The first kappa shape index (κ1) is 19.4. The zero-order chi connectivity index (χ0) is 20.4. The van der Waals surface area contributed by atoms with E-state index in [-0.39, 0.29) is 17.7 Å². The number of hydrogen-bond donors (Lipinski definition) is 2. The molecule has 1 aromatic carbocycles. The van der Waals surface area contributed by atoms with Crippen LogP contribution in [0.1, 0.15) is 41.6 Å². The number of carbonyl (C=O) groups is 1. The predicted octanol–water partition coefficient (Wildman–Crippen LogP) is 3.27. The van der Waals surface area contributed by atoms with Gasteiger partial charge in [-0.3, -0.25) is 9.78 Å². The number of amides is 1. The maximum absolute atomic E-state index is 14.1. The molecule has 0 spiro atoms. The second-order valence-corrected chi connectivity index (χ2v) is 7.44. The highest BCUT2D eigenvalue weighted by Gasteiger charge is 2.26. The summed E-state index contributed by atoms with van der Waals surface area (Å²) in [6.07, 6.45) is 6.31. The summed E-state index contributed by atoms with van der Waals surface area (Å²) >= 11 is 0. The Morgan fingerprint density at radius 2 is 2.17 bits per heavy atom. The topological polar surface area (TPSA) is 76.4 Å². The normalized spacial score (nSPS) is 19.3. The van der Waals surface area contributed by atoms with Gasteiger partial charge >= 0.3 is 0 Å². The van der Waals surface area contributed by atoms with Crippen molar-refractivity contribution in [2.45, 2.75) is 44.4 Å². The van der Waals surface area contributed by atoms with E-state index < -0.39 is 11.9 Å². The number of carbonyl (C=O) groups excluding carboxylic acids is 1. The standard InChI is InChI=1S/C22H24FN3O3/c1-29-20-9-8-14(11-16(20)23)12-26-13-15(21-18(26)6-4-10-24-21)22(28)25-17-5-2-3-7-19(17)27/h4,6,8-11,13,17,19,27H,2-3,5,7,12H2,1H3,(H,25,28)/t17-,19-/m0/s1. The van der Waals surface area contributed by atoms with E-state index in [0.717, 1.165) is 30.3 Å². The molecule has 2 N–H and O–H groups in total. The fourth-order valence-electron chi connectivity index (χ4n) is 3.95. The van der Waals surface area contributed by atoms with Gasteiger partial charge in [0.25, 0.3) is 5.91 Å². The van der Waals surface area contributed by atoms with Crippen LogP contribution < -0.4 is 10.1 Å². The highest BCUT2D eigenvalue weighted by atomic mass is 19.1. The van der Waals surface area contributed by atoms with Gasteiger partial charge in [0.1, 0.15) is 5.52 Å². The van der Waals surface area contributed by atoms with Gasteiger partial charge in [-0.1, -0.05) is 18.9 Å². The molecule has 0 aliphatic heterocycles. The molecular formula is C22H24FN3O3. The quantitative estimate of drug-likeness (QED) is 0.693. The molecule has 1 fully saturated rings. The van der Waals surface area contributed by atoms with Gasteiger partial charge in [0.05, 0.1) is 30.3 Å². The Bertz CT molecular complexity index is 1030. The second-order valence-electron chi connectivity index (χ2n) is 7.44. The summed E-state index contributed by atoms with van der Waals surface area (Å²) in [7, 11) is 1.43. The van der Waals surface area contributed by atoms with Gasteiger partial charge in [-0.15, -0.1) is 0 Å². The number of aliphatic hydroxyl groups excluding tert-OH is 1. The Morgan fingerprint density at radius 3 is 2.93 bits per heavy atom. The molecule has 4 rings (SSSR count). The van der Waals surface area contributed by atoms with Crippen LogP contribution in [0.2, 0.25) is 0 Å². The van der Waals surface area contributed by atoms with E-state index in [2.05, 4.69) is 10.3 Å². The van der Waals surface area contributed by atoms with Gasteiger partial charge in [-0.2, -0.15) is 0 Å². The Kier molecular flexibility index (Phi) is 5.49. The van der Waals surface area contributed by atoms with Crippen LogP contribution in [0.3, 0.4) is 0 Å². The highest BCUT2D eigenvalue weighted by molar-refractivity contribution is 6.05. The zero-order valence-electron chi connectivity index (χ0n) is 16.3. The van der Waals surface area contributed by atoms with Crippen LogP contribution in [0.4, 0.5) is 4.39 Å². The molecule has 1 amide bonds. The Balaban J connectivity index is 1.63. The van der Waals surface area contributed by atoms with Crippen molar-refractivity contribution in [2.75, 3.05) is 7.11 Å². The average molecular weight is 397 g/mol. The van der Waals surface area contributed by atoms with Crippen molar-refractivity contribution in [3.05, 3.63) is 59.7 Å². The number of hydrogen-bond acceptors (Lipinski definition) is 4. The molecule has 0 unspecified atom stereocenters. The summed E-state index contributed by atoms with van der Waals surface area (Å²) in [6.45, 7) is 0.391. The summed E-state index contributed by atoms with van der Waals surface area (Å²) in [5.74, 6) is -0.484. The van der Waals surface area contributed by atoms with Gasteiger partial charge < -0.3 is 19.7 Å². The molecule has 2 aromatic heterocycles. The molecule has 2 atom stereocenters. The molecule has 1 aliphatic rings. The van der Waals surface area contributed by atoms with Crippen molar-refractivity contribution in [2.24, 2.45) is 0 Å². The number of methoxy groups -OCH3 is 1. The number of nitrogens with zero attached hydrogens (tertiary/aromatic N) is 2. The molecule has 0 saturated heterocycles. The third-order valence-corrected chi connectivity index (χ3v) is 5.50. The number of aliphatic hydroxyl groups is 1. The largest absolute Gasteiger partial charge is 0.494 e. The van der Waals surface area contributed by atoms with Crippen molar-refractivity contribution >= 4 is 16.9 Å². The van der Waals surface area contributed by atoms with Crippen molar-refractivity contribution < 1.29 is 19.0 Å². The summed E-state index contributed by atoms with van der Waals surface area (Å²) in [5, 5.41) is 13.1. The lowest BCUT2D eigenvalue weighted by molar-refractivity contribution is 0.0718. The van der Waals surface area contributed by atoms with Crippen LogP contribution in [-0.2, 0) is 6.54 Å². The Labute approximate surface area is 168 Å². The molecule has 7 heteroatoms. The monoisotopic (exact) mass is 397 g/mol. The first-order valence-corrected chi connectivity index (χ1v) is 9.82. The molecule has 0 radical (unpaired) electrons. The van der Waals surface area contributed by atoms with E-state index in [4.69, 9.17) is 4.74 Å². The number of pyridine rings is 1. The van der Waals surface area contributed by atoms with Crippen molar-refractivity contribution in [3.63, 3.8) is 0 Å². The first-order valence-electron chi connectivity index (χ1n) is 9.82. The van der Waals surface area contributed by atoms with Crippen LogP contribution in [0.5, 0.6) is 5.75 Å². The van der Waals surface area contributed by atoms with E-state index in [9.17, 15) is 14.3 Å². The molecule has 1 aliphatic carbocycles. The number of rotatable bonds is 5. The van der Waals surface area contributed by atoms with Crippen molar-refractivity contribution in [1.29, 1.82) is 0 Å². The maximum Gasteiger partial charge on any atom is 0.255 e. The van der Waals surface area contributed by atoms with Crippen LogP contribution in [0.15, 0.2) is 42.7 Å². The third kappa shape index (κ3) is 3.96. The minimum absolute atomic E-state index is 0.193.